The summed E-state index contributed by atoms with van der Waals surface area (Å²) in [4.78, 5) is 47.9. The van der Waals surface area contributed by atoms with Gasteiger partial charge in [-0.2, -0.15) is 0 Å². The summed E-state index contributed by atoms with van der Waals surface area (Å²) >= 11 is 0. The summed E-state index contributed by atoms with van der Waals surface area (Å²) in [5.41, 5.74) is 1.76. The van der Waals surface area contributed by atoms with Crippen LogP contribution in [-0.4, -0.2) is 35.6 Å². The largest absolute Gasteiger partial charge is 0.354 e. The Morgan fingerprint density at radius 2 is 1.90 bits per heavy atom. The van der Waals surface area contributed by atoms with Gasteiger partial charge in [-0.1, -0.05) is 37.6 Å². The van der Waals surface area contributed by atoms with Crippen LogP contribution in [0.25, 0.3) is 6.08 Å². The monoisotopic (exact) mass is 531 g/mol. The molecule has 8 heteroatoms. The predicted octanol–water partition coefficient (Wildman–Crippen LogP) is 4.76. The third kappa shape index (κ3) is 5.09. The van der Waals surface area contributed by atoms with E-state index in [4.69, 9.17) is 0 Å². The van der Waals surface area contributed by atoms with E-state index in [1.807, 2.05) is 6.08 Å². The lowest BCUT2D eigenvalue weighted by Gasteiger charge is -2.56. The summed E-state index contributed by atoms with van der Waals surface area (Å²) in [5, 5.41) is 16.7. The average molecular weight is 532 g/mol. The summed E-state index contributed by atoms with van der Waals surface area (Å²) < 4.78 is 0. The van der Waals surface area contributed by atoms with E-state index in [2.05, 4.69) is 30.6 Å². The van der Waals surface area contributed by atoms with Gasteiger partial charge in [-0.05, 0) is 85.5 Å². The highest BCUT2D eigenvalue weighted by Crippen LogP contribution is 2.65. The third-order valence-corrected chi connectivity index (χ3v) is 10.1. The normalized spacial score (nSPS) is 33.1. The summed E-state index contributed by atoms with van der Waals surface area (Å²) in [6.45, 7) is 5.26. The standard InChI is InChI=1S/C31H37N3O5/c1-30-14-12-23(35)19-21(30)7-8-24-25-9-10-27(31(25,2)15-13-26(24)30)29(37)33-17-16-32-28(36)11-6-20-4-3-5-22(18-20)34(38)39/h3-6,11-12,14,18-19,24-27H,7-10,13,15-17H2,1-2H3,(H,32,36)(H,33,37)/b11-6+/t24-,25-,26-,27+,30-,31-/m0/s1. The van der Waals surface area contributed by atoms with Crippen LogP contribution in [0.2, 0.25) is 0 Å². The first-order valence-electron chi connectivity index (χ1n) is 14.0. The Morgan fingerprint density at radius 1 is 1.10 bits per heavy atom. The molecular formula is C31H37N3O5. The topological polar surface area (TPSA) is 118 Å². The Balaban J connectivity index is 1.13. The van der Waals surface area contributed by atoms with Crippen molar-refractivity contribution in [3.8, 4) is 0 Å². The lowest BCUT2D eigenvalue weighted by molar-refractivity contribution is -0.384. The first-order chi connectivity index (χ1) is 18.6. The maximum absolute atomic E-state index is 13.3. The molecule has 0 heterocycles. The molecule has 3 fully saturated rings. The van der Waals surface area contributed by atoms with Crippen LogP contribution in [-0.2, 0) is 14.4 Å². The highest BCUT2D eigenvalue weighted by Gasteiger charge is 2.59. The average Bonchev–Trinajstić information content (AvgIpc) is 3.27. The number of fused-ring (bicyclic) bond motifs is 5. The molecule has 6 atom stereocenters. The van der Waals surface area contributed by atoms with Gasteiger partial charge < -0.3 is 10.6 Å². The summed E-state index contributed by atoms with van der Waals surface area (Å²) in [6.07, 6.45) is 14.7. The minimum absolute atomic E-state index is 0.0265. The highest BCUT2D eigenvalue weighted by molar-refractivity contribution is 6.01. The van der Waals surface area contributed by atoms with E-state index < -0.39 is 4.92 Å². The second kappa shape index (κ2) is 10.5. The maximum atomic E-state index is 13.3. The van der Waals surface area contributed by atoms with Crippen molar-refractivity contribution in [2.24, 2.45) is 34.5 Å². The molecule has 2 amide bonds. The summed E-state index contributed by atoms with van der Waals surface area (Å²) in [6, 6.07) is 6.07. The fourth-order valence-corrected chi connectivity index (χ4v) is 8.10. The predicted molar refractivity (Wildman–Crippen MR) is 148 cm³/mol. The fraction of sp³-hybridized carbons (Fsp3) is 0.516. The first kappa shape index (κ1) is 27.0. The minimum atomic E-state index is -0.474. The van der Waals surface area contributed by atoms with Gasteiger partial charge in [0.25, 0.3) is 5.69 Å². The molecule has 5 rings (SSSR count). The lowest BCUT2D eigenvalue weighted by Crippen LogP contribution is -2.51. The van der Waals surface area contributed by atoms with Gasteiger partial charge in [-0.3, -0.25) is 24.5 Å². The summed E-state index contributed by atoms with van der Waals surface area (Å²) in [7, 11) is 0. The Bertz CT molecular complexity index is 1280. The number of nitrogens with zero attached hydrogens (tertiary/aromatic N) is 1. The number of nitro groups is 1. The first-order valence-corrected chi connectivity index (χ1v) is 14.0. The molecule has 0 spiro atoms. The molecule has 1 aromatic rings. The van der Waals surface area contributed by atoms with Crippen molar-refractivity contribution in [1.29, 1.82) is 0 Å². The molecular weight excluding hydrogens is 494 g/mol. The SMILES string of the molecule is C[C@]12CC[C@H]3[C@@H](CCC4=CC(=O)C=C[C@@]43C)[C@@H]1CC[C@@H]2C(=O)NCCNC(=O)/C=C/c1cccc([N+](=O)[O-])c1. The number of hydrogen-bond donors (Lipinski definition) is 2. The van der Waals surface area contributed by atoms with Crippen LogP contribution >= 0.6 is 0 Å². The van der Waals surface area contributed by atoms with Crippen LogP contribution in [0.3, 0.4) is 0 Å². The number of carbonyl (C=O) groups excluding carboxylic acids is 3. The van der Waals surface area contributed by atoms with Crippen LogP contribution in [0.5, 0.6) is 0 Å². The quantitative estimate of drug-likeness (QED) is 0.228. The van der Waals surface area contributed by atoms with Gasteiger partial charge in [0.1, 0.15) is 0 Å². The number of ketones is 1. The van der Waals surface area contributed by atoms with Crippen molar-refractivity contribution in [1.82, 2.24) is 10.6 Å². The van der Waals surface area contributed by atoms with Crippen LogP contribution in [0.1, 0.15) is 57.9 Å². The molecule has 4 aliphatic rings. The molecule has 39 heavy (non-hydrogen) atoms. The number of carbonyl (C=O) groups is 3. The smallest absolute Gasteiger partial charge is 0.270 e. The number of nitro benzene ring substituents is 1. The molecule has 1 aromatic carbocycles. The van der Waals surface area contributed by atoms with Crippen molar-refractivity contribution in [2.75, 3.05) is 13.1 Å². The molecule has 0 radical (unpaired) electrons. The van der Waals surface area contributed by atoms with Crippen molar-refractivity contribution in [3.05, 3.63) is 69.8 Å². The Morgan fingerprint density at radius 3 is 2.69 bits per heavy atom. The van der Waals surface area contributed by atoms with Crippen molar-refractivity contribution in [2.45, 2.75) is 52.4 Å². The van der Waals surface area contributed by atoms with Gasteiger partial charge in [0.05, 0.1) is 4.92 Å². The van der Waals surface area contributed by atoms with Gasteiger partial charge in [0, 0.05) is 42.6 Å². The molecule has 0 bridgehead atoms. The number of rotatable bonds is 7. The van der Waals surface area contributed by atoms with Crippen molar-refractivity contribution in [3.63, 3.8) is 0 Å². The zero-order chi connectivity index (χ0) is 27.8. The van der Waals surface area contributed by atoms with E-state index >= 15 is 0 Å². The molecule has 8 nitrogen and oxygen atoms in total. The van der Waals surface area contributed by atoms with Gasteiger partial charge >= 0.3 is 0 Å². The van der Waals surface area contributed by atoms with E-state index in [0.717, 1.165) is 38.5 Å². The van der Waals surface area contributed by atoms with Gasteiger partial charge in [0.15, 0.2) is 5.78 Å². The Kier molecular flexibility index (Phi) is 7.31. The third-order valence-electron chi connectivity index (χ3n) is 10.1. The molecule has 2 N–H and O–H groups in total. The Labute approximate surface area is 229 Å². The number of amides is 2. The van der Waals surface area contributed by atoms with Crippen LogP contribution in [0.4, 0.5) is 5.69 Å². The highest BCUT2D eigenvalue weighted by atomic mass is 16.6. The molecule has 0 saturated heterocycles. The van der Waals surface area contributed by atoms with E-state index in [1.165, 1.54) is 29.9 Å². The molecule has 206 valence electrons. The van der Waals surface area contributed by atoms with Crippen molar-refractivity contribution >= 4 is 29.4 Å². The van der Waals surface area contributed by atoms with Crippen LogP contribution in [0.15, 0.2) is 54.1 Å². The van der Waals surface area contributed by atoms with Gasteiger partial charge in [0.2, 0.25) is 11.8 Å². The second-order valence-corrected chi connectivity index (χ2v) is 12.0. The van der Waals surface area contributed by atoms with Crippen LogP contribution in [0, 0.1) is 44.6 Å². The molecule has 0 aromatic heterocycles. The maximum Gasteiger partial charge on any atom is 0.270 e. The van der Waals surface area contributed by atoms with Gasteiger partial charge in [-0.25, -0.2) is 0 Å². The van der Waals surface area contributed by atoms with E-state index in [0.29, 0.717) is 36.4 Å². The zero-order valence-corrected chi connectivity index (χ0v) is 22.7. The second-order valence-electron chi connectivity index (χ2n) is 12.0. The van der Waals surface area contributed by atoms with E-state index in [1.54, 1.807) is 18.2 Å². The number of allylic oxidation sites excluding steroid dienone is 4. The minimum Gasteiger partial charge on any atom is -0.354 e. The molecule has 4 aliphatic carbocycles. The molecule has 0 unspecified atom stereocenters. The van der Waals surface area contributed by atoms with E-state index in [9.17, 15) is 24.5 Å². The number of benzene rings is 1. The number of nitrogens with one attached hydrogen (secondary N) is 2. The van der Waals surface area contributed by atoms with Crippen LogP contribution < -0.4 is 10.6 Å². The number of non-ortho nitro benzene ring substituents is 1. The fourth-order valence-electron chi connectivity index (χ4n) is 8.10. The zero-order valence-electron chi connectivity index (χ0n) is 22.7. The molecule has 0 aliphatic heterocycles. The van der Waals surface area contributed by atoms with Gasteiger partial charge in [-0.15, -0.1) is 0 Å². The summed E-state index contributed by atoms with van der Waals surface area (Å²) in [5.74, 6) is 1.43. The van der Waals surface area contributed by atoms with E-state index in [-0.39, 0.29) is 40.0 Å². The lowest BCUT2D eigenvalue weighted by atomic mass is 9.48. The van der Waals surface area contributed by atoms with Crippen molar-refractivity contribution < 1.29 is 19.3 Å². The number of hydrogen-bond acceptors (Lipinski definition) is 5. The molecule has 3 saturated carbocycles. The Hall–Kier alpha value is -3.55.